The number of urea groups is 1. The van der Waals surface area contributed by atoms with Crippen molar-refractivity contribution in [1.82, 2.24) is 16.0 Å². The van der Waals surface area contributed by atoms with Crippen LogP contribution in [0.4, 0.5) is 9.18 Å². The molecule has 2 aromatic rings. The third-order valence-electron chi connectivity index (χ3n) is 5.85. The van der Waals surface area contributed by atoms with E-state index in [0.717, 1.165) is 11.1 Å². The van der Waals surface area contributed by atoms with Crippen molar-refractivity contribution >= 4 is 11.9 Å². The van der Waals surface area contributed by atoms with Gasteiger partial charge in [-0.05, 0) is 23.3 Å². The zero-order chi connectivity index (χ0) is 23.2. The minimum absolute atomic E-state index is 0.148. The Morgan fingerprint density at radius 2 is 1.64 bits per heavy atom. The summed E-state index contributed by atoms with van der Waals surface area (Å²) in [5.74, 6) is -0.511. The van der Waals surface area contributed by atoms with Crippen LogP contribution >= 0.6 is 0 Å². The molecule has 2 heterocycles. The first kappa shape index (κ1) is 23.2. The molecule has 0 saturated carbocycles. The van der Waals surface area contributed by atoms with Crippen molar-refractivity contribution in [2.24, 2.45) is 0 Å². The number of fused-ring (bicyclic) bond motifs is 1. The number of hydrogen-bond donors (Lipinski definition) is 4. The lowest BCUT2D eigenvalue weighted by Crippen LogP contribution is -2.44. The Balaban J connectivity index is 1.15. The maximum atomic E-state index is 13.0. The average molecular weight is 458 g/mol. The Bertz CT molecular complexity index is 943. The minimum atomic E-state index is -0.892. The van der Waals surface area contributed by atoms with Crippen LogP contribution in [-0.2, 0) is 27.4 Å². The van der Waals surface area contributed by atoms with E-state index in [0.29, 0.717) is 19.5 Å². The maximum Gasteiger partial charge on any atom is 0.315 e. The number of amides is 3. The Labute approximate surface area is 191 Å². The topological polar surface area (TPSA) is 109 Å². The summed E-state index contributed by atoms with van der Waals surface area (Å²) < 4.78 is 24.7. The summed E-state index contributed by atoms with van der Waals surface area (Å²) in [5.41, 5.74) is 1.79. The number of carbonyl (C=O) groups excluding carboxylic acids is 2. The Hall–Kier alpha value is -3.01. The molecule has 2 aromatic carbocycles. The number of rotatable bonds is 8. The van der Waals surface area contributed by atoms with Crippen molar-refractivity contribution < 1.29 is 28.6 Å². The van der Waals surface area contributed by atoms with Crippen molar-refractivity contribution in [3.05, 3.63) is 71.5 Å². The van der Waals surface area contributed by atoms with E-state index in [-0.39, 0.29) is 42.9 Å². The second-order valence-corrected chi connectivity index (χ2v) is 8.32. The molecule has 5 atom stereocenters. The van der Waals surface area contributed by atoms with E-state index in [4.69, 9.17) is 9.47 Å². The van der Waals surface area contributed by atoms with Crippen molar-refractivity contribution in [2.75, 3.05) is 6.54 Å². The van der Waals surface area contributed by atoms with Crippen molar-refractivity contribution in [2.45, 2.75) is 56.5 Å². The lowest BCUT2D eigenvalue weighted by molar-refractivity contribution is -0.124. The first-order chi connectivity index (χ1) is 16.0. The molecule has 8 nitrogen and oxygen atoms in total. The van der Waals surface area contributed by atoms with E-state index in [1.165, 1.54) is 12.1 Å². The SMILES string of the molecule is O=C(CC1CC2OC(CNC(=O)NCc3ccccc3)C(O)C2O1)NCc1ccc(F)cc1. The Morgan fingerprint density at radius 1 is 0.939 bits per heavy atom. The number of nitrogens with one attached hydrogen (secondary N) is 3. The molecule has 0 radical (unpaired) electrons. The molecule has 4 N–H and O–H groups in total. The van der Waals surface area contributed by atoms with Crippen LogP contribution in [0.25, 0.3) is 0 Å². The molecular formula is C24H28FN3O5. The Kier molecular flexibility index (Phi) is 7.54. The van der Waals surface area contributed by atoms with Crippen molar-refractivity contribution in [3.8, 4) is 0 Å². The predicted octanol–water partition coefficient (Wildman–Crippen LogP) is 1.62. The summed E-state index contributed by atoms with van der Waals surface area (Å²) in [4.78, 5) is 24.3. The summed E-state index contributed by atoms with van der Waals surface area (Å²) in [7, 11) is 0. The number of aliphatic hydroxyl groups is 1. The van der Waals surface area contributed by atoms with Crippen LogP contribution < -0.4 is 16.0 Å². The van der Waals surface area contributed by atoms with E-state index < -0.39 is 18.3 Å². The molecule has 4 rings (SSSR count). The molecule has 176 valence electrons. The van der Waals surface area contributed by atoms with E-state index in [2.05, 4.69) is 16.0 Å². The Morgan fingerprint density at radius 3 is 2.36 bits per heavy atom. The number of hydrogen-bond acceptors (Lipinski definition) is 5. The largest absolute Gasteiger partial charge is 0.388 e. The van der Waals surface area contributed by atoms with Gasteiger partial charge in [-0.25, -0.2) is 9.18 Å². The third kappa shape index (κ3) is 6.28. The fraction of sp³-hybridized carbons (Fsp3) is 0.417. The molecule has 9 heteroatoms. The molecule has 3 amide bonds. The molecule has 0 bridgehead atoms. The second kappa shape index (κ2) is 10.7. The monoisotopic (exact) mass is 457 g/mol. The highest BCUT2D eigenvalue weighted by molar-refractivity contribution is 5.76. The molecule has 2 fully saturated rings. The van der Waals surface area contributed by atoms with Crippen LogP contribution in [0.5, 0.6) is 0 Å². The van der Waals surface area contributed by atoms with Gasteiger partial charge in [-0.1, -0.05) is 42.5 Å². The molecule has 2 aliphatic heterocycles. The van der Waals surface area contributed by atoms with Crippen LogP contribution in [0.15, 0.2) is 54.6 Å². The summed E-state index contributed by atoms with van der Waals surface area (Å²) in [6, 6.07) is 15.1. The number of benzene rings is 2. The van der Waals surface area contributed by atoms with Crippen LogP contribution in [0.2, 0.25) is 0 Å². The van der Waals surface area contributed by atoms with Crippen molar-refractivity contribution in [3.63, 3.8) is 0 Å². The van der Waals surface area contributed by atoms with Gasteiger partial charge < -0.3 is 30.5 Å². The van der Waals surface area contributed by atoms with Gasteiger partial charge in [0.05, 0.1) is 18.6 Å². The first-order valence-corrected chi connectivity index (χ1v) is 11.0. The third-order valence-corrected chi connectivity index (χ3v) is 5.85. The van der Waals surface area contributed by atoms with Gasteiger partial charge in [0.25, 0.3) is 0 Å². The van der Waals surface area contributed by atoms with Gasteiger partial charge in [0.2, 0.25) is 5.91 Å². The van der Waals surface area contributed by atoms with E-state index >= 15 is 0 Å². The van der Waals surface area contributed by atoms with Gasteiger partial charge in [0, 0.05) is 26.1 Å². The summed E-state index contributed by atoms with van der Waals surface area (Å²) >= 11 is 0. The zero-order valence-corrected chi connectivity index (χ0v) is 18.1. The minimum Gasteiger partial charge on any atom is -0.388 e. The lowest BCUT2D eigenvalue weighted by Gasteiger charge is -2.20. The second-order valence-electron chi connectivity index (χ2n) is 8.32. The highest BCUT2D eigenvalue weighted by Crippen LogP contribution is 2.35. The fourth-order valence-electron chi connectivity index (χ4n) is 4.12. The molecule has 5 unspecified atom stereocenters. The van der Waals surface area contributed by atoms with Gasteiger partial charge in [-0.3, -0.25) is 4.79 Å². The van der Waals surface area contributed by atoms with Gasteiger partial charge in [0.1, 0.15) is 24.1 Å². The number of ether oxygens (including phenoxy) is 2. The van der Waals surface area contributed by atoms with Crippen LogP contribution in [0, 0.1) is 5.82 Å². The van der Waals surface area contributed by atoms with Crippen molar-refractivity contribution in [1.29, 1.82) is 0 Å². The standard InChI is InChI=1S/C24H28FN3O5/c25-17-8-6-16(7-9-17)12-26-21(29)11-18-10-19-23(32-18)22(30)20(33-19)14-28-24(31)27-13-15-4-2-1-3-5-15/h1-9,18-20,22-23,30H,10-14H2,(H,26,29)(H2,27,28,31). The normalized spacial score (nSPS) is 25.9. The quantitative estimate of drug-likeness (QED) is 0.482. The van der Waals surface area contributed by atoms with E-state index in [9.17, 15) is 19.1 Å². The van der Waals surface area contributed by atoms with Crippen LogP contribution in [-0.4, -0.2) is 54.1 Å². The maximum absolute atomic E-state index is 13.0. The van der Waals surface area contributed by atoms with E-state index in [1.807, 2.05) is 30.3 Å². The summed E-state index contributed by atoms with van der Waals surface area (Å²) in [6.45, 7) is 0.860. The highest BCUT2D eigenvalue weighted by atomic mass is 19.1. The van der Waals surface area contributed by atoms with Gasteiger partial charge in [0.15, 0.2) is 0 Å². The highest BCUT2D eigenvalue weighted by Gasteiger charge is 2.50. The molecule has 2 aliphatic rings. The van der Waals surface area contributed by atoms with E-state index in [1.54, 1.807) is 12.1 Å². The number of aliphatic hydroxyl groups excluding tert-OH is 1. The average Bonchev–Trinajstić information content (AvgIpc) is 3.34. The van der Waals surface area contributed by atoms with Gasteiger partial charge in [-0.15, -0.1) is 0 Å². The molecule has 2 saturated heterocycles. The predicted molar refractivity (Wildman–Crippen MR) is 117 cm³/mol. The van der Waals surface area contributed by atoms with Gasteiger partial charge in [-0.2, -0.15) is 0 Å². The van der Waals surface area contributed by atoms with Crippen LogP contribution in [0.3, 0.4) is 0 Å². The molecular weight excluding hydrogens is 429 g/mol. The first-order valence-electron chi connectivity index (χ1n) is 11.0. The summed E-state index contributed by atoms with van der Waals surface area (Å²) in [6.07, 6.45) is -2.04. The smallest absolute Gasteiger partial charge is 0.315 e. The molecule has 0 aromatic heterocycles. The number of carbonyl (C=O) groups is 2. The summed E-state index contributed by atoms with van der Waals surface area (Å²) in [5, 5.41) is 18.8. The molecule has 0 aliphatic carbocycles. The van der Waals surface area contributed by atoms with Gasteiger partial charge >= 0.3 is 6.03 Å². The molecule has 33 heavy (non-hydrogen) atoms. The fourth-order valence-corrected chi connectivity index (χ4v) is 4.12. The molecule has 0 spiro atoms. The van der Waals surface area contributed by atoms with Crippen LogP contribution in [0.1, 0.15) is 24.0 Å². The zero-order valence-electron chi connectivity index (χ0n) is 18.1. The number of halogens is 1. The lowest BCUT2D eigenvalue weighted by atomic mass is 10.1.